The van der Waals surface area contributed by atoms with Crippen molar-refractivity contribution < 1.29 is 61.2 Å². The molecule has 0 aromatic rings. The summed E-state index contributed by atoms with van der Waals surface area (Å²) in [5.74, 6) is 0. The summed E-state index contributed by atoms with van der Waals surface area (Å²) in [5, 5.41) is 0. The van der Waals surface area contributed by atoms with Gasteiger partial charge in [-0.3, -0.25) is 0 Å². The normalized spacial score (nSPS) is 11.6. The van der Waals surface area contributed by atoms with Crippen molar-refractivity contribution in [3.63, 3.8) is 0 Å². The average Bonchev–Trinajstić information content (AvgIpc) is 3.13. The van der Waals surface area contributed by atoms with Gasteiger partial charge in [-0.2, -0.15) is 0 Å². The summed E-state index contributed by atoms with van der Waals surface area (Å²) in [6.07, 6.45) is 14.8. The highest BCUT2D eigenvalue weighted by molar-refractivity contribution is 4.48. The minimum absolute atomic E-state index is 0.115. The Bertz CT molecular complexity index is 535. The second-order valence-electron chi connectivity index (χ2n) is 11.6. The van der Waals surface area contributed by atoms with E-state index in [9.17, 15) is 4.39 Å². The van der Waals surface area contributed by atoms with Crippen LogP contribution in [0.25, 0.3) is 0 Å². The molecule has 0 saturated heterocycles. The van der Waals surface area contributed by atoms with E-state index >= 15 is 0 Å². The fourth-order valence-corrected chi connectivity index (χ4v) is 4.44. The summed E-state index contributed by atoms with van der Waals surface area (Å²) in [6, 6.07) is 0. The maximum atomic E-state index is 11.8. The molecule has 0 heterocycles. The Morgan fingerprint density at radius 2 is 0.400 bits per heavy atom. The number of unbranched alkanes of at least 4 members (excludes halogenated alkanes) is 10. The van der Waals surface area contributed by atoms with Gasteiger partial charge in [0.1, 0.15) is 6.67 Å². The zero-order chi connectivity index (χ0) is 35.9. The van der Waals surface area contributed by atoms with Gasteiger partial charge in [0.25, 0.3) is 0 Å². The van der Waals surface area contributed by atoms with Crippen LogP contribution in [0.1, 0.15) is 77.6 Å². The predicted molar refractivity (Wildman–Crippen MR) is 192 cm³/mol. The van der Waals surface area contributed by atoms with Crippen molar-refractivity contribution in [1.29, 1.82) is 0 Å². The maximum absolute atomic E-state index is 11.8. The number of rotatable bonds is 47. The molecule has 0 N–H and O–H groups in total. The third kappa shape index (κ3) is 47.4. The zero-order valence-corrected chi connectivity index (χ0v) is 31.7. The molecule has 50 heavy (non-hydrogen) atoms. The summed E-state index contributed by atoms with van der Waals surface area (Å²) in [6.45, 7) is 14.1. The van der Waals surface area contributed by atoms with Gasteiger partial charge in [0.05, 0.1) is 152 Å². The van der Waals surface area contributed by atoms with Crippen molar-refractivity contribution in [1.82, 2.24) is 0 Å². The highest BCUT2D eigenvalue weighted by atomic mass is 19.1. The van der Waals surface area contributed by atoms with Crippen LogP contribution in [-0.2, 0) is 56.8 Å². The summed E-state index contributed by atoms with van der Waals surface area (Å²) in [7, 11) is 0. The first kappa shape index (κ1) is 49.5. The summed E-state index contributed by atoms with van der Waals surface area (Å²) >= 11 is 0. The van der Waals surface area contributed by atoms with Gasteiger partial charge in [-0.1, -0.05) is 71.1 Å². The molecule has 0 aromatic carbocycles. The van der Waals surface area contributed by atoms with Crippen LogP contribution in [0.2, 0.25) is 0 Å². The van der Waals surface area contributed by atoms with E-state index in [-0.39, 0.29) is 6.61 Å². The van der Waals surface area contributed by atoms with Gasteiger partial charge in [-0.25, -0.2) is 4.39 Å². The van der Waals surface area contributed by atoms with Gasteiger partial charge in [0.15, 0.2) is 0 Å². The Kier molecular flexibility index (Phi) is 47.9. The highest BCUT2D eigenvalue weighted by Gasteiger charge is 1.98. The third-order valence-corrected chi connectivity index (χ3v) is 7.21. The lowest BCUT2D eigenvalue weighted by Gasteiger charge is -2.09. The van der Waals surface area contributed by atoms with Gasteiger partial charge in [-0.05, 0) is 6.42 Å². The predicted octanol–water partition coefficient (Wildman–Crippen LogP) is 5.47. The quantitative estimate of drug-likeness (QED) is 0.0742. The Hall–Kier alpha value is -0.550. The lowest BCUT2D eigenvalue weighted by Crippen LogP contribution is -2.15. The molecule has 0 aliphatic heterocycles. The zero-order valence-electron chi connectivity index (χ0n) is 31.7. The van der Waals surface area contributed by atoms with Crippen LogP contribution < -0.4 is 0 Å². The summed E-state index contributed by atoms with van der Waals surface area (Å²) in [5.41, 5.74) is 0. The van der Waals surface area contributed by atoms with Gasteiger partial charge >= 0.3 is 0 Å². The van der Waals surface area contributed by atoms with Crippen molar-refractivity contribution >= 4 is 0 Å². The van der Waals surface area contributed by atoms with Crippen LogP contribution in [-0.4, -0.2) is 165 Å². The van der Waals surface area contributed by atoms with Crippen LogP contribution in [0, 0.1) is 0 Å². The molecule has 13 heteroatoms. The van der Waals surface area contributed by atoms with E-state index in [0.29, 0.717) is 145 Å². The number of hydrogen-bond acceptors (Lipinski definition) is 12. The third-order valence-electron chi connectivity index (χ3n) is 7.21. The fraction of sp³-hybridized carbons (Fsp3) is 1.00. The molecule has 0 atom stereocenters. The van der Waals surface area contributed by atoms with E-state index in [4.69, 9.17) is 56.8 Å². The Labute approximate surface area is 303 Å². The van der Waals surface area contributed by atoms with Crippen LogP contribution >= 0.6 is 0 Å². The number of alkyl halides is 1. The maximum Gasteiger partial charge on any atom is 0.113 e. The number of hydrogen-bond donors (Lipinski definition) is 0. The molecule has 0 unspecified atom stereocenters. The van der Waals surface area contributed by atoms with Crippen LogP contribution in [0.4, 0.5) is 4.39 Å². The second kappa shape index (κ2) is 48.5. The lowest BCUT2D eigenvalue weighted by atomic mass is 10.1. The van der Waals surface area contributed by atoms with Crippen LogP contribution in [0.3, 0.4) is 0 Å². The van der Waals surface area contributed by atoms with Crippen molar-refractivity contribution in [3.8, 4) is 0 Å². The minimum Gasteiger partial charge on any atom is -0.379 e. The molecule has 0 saturated carbocycles. The Morgan fingerprint density at radius 1 is 0.220 bits per heavy atom. The molecule has 0 rings (SSSR count). The van der Waals surface area contributed by atoms with Crippen LogP contribution in [0.15, 0.2) is 0 Å². The van der Waals surface area contributed by atoms with Gasteiger partial charge in [-0.15, -0.1) is 0 Å². The molecule has 0 fully saturated rings. The molecular formula is C37H75FO12. The van der Waals surface area contributed by atoms with Gasteiger partial charge in [0.2, 0.25) is 0 Å². The Morgan fingerprint density at radius 3 is 0.620 bits per heavy atom. The molecule has 0 aromatic heterocycles. The molecular weight excluding hydrogens is 655 g/mol. The van der Waals surface area contributed by atoms with E-state index in [1.165, 1.54) is 64.2 Å². The number of halogens is 1. The summed E-state index contributed by atoms with van der Waals surface area (Å²) < 4.78 is 77.1. The van der Waals surface area contributed by atoms with Crippen molar-refractivity contribution in [2.45, 2.75) is 77.6 Å². The van der Waals surface area contributed by atoms with Crippen molar-refractivity contribution in [3.05, 3.63) is 0 Å². The molecule has 302 valence electrons. The molecule has 0 amide bonds. The lowest BCUT2D eigenvalue weighted by molar-refractivity contribution is -0.0284. The SMILES string of the molecule is CCCCCCCCCCCCCOCCOCCOCCOCCOCCOCCOCCOCCOCCOCCOCCOCCF. The fourth-order valence-electron chi connectivity index (χ4n) is 4.44. The number of ether oxygens (including phenoxy) is 12. The molecule has 0 aliphatic carbocycles. The average molecular weight is 731 g/mol. The van der Waals surface area contributed by atoms with E-state index in [2.05, 4.69) is 6.92 Å². The van der Waals surface area contributed by atoms with Crippen molar-refractivity contribution in [2.24, 2.45) is 0 Å². The van der Waals surface area contributed by atoms with Gasteiger partial charge < -0.3 is 56.8 Å². The minimum atomic E-state index is -0.473. The second-order valence-corrected chi connectivity index (χ2v) is 11.6. The Balaban J connectivity index is 3.04. The standard InChI is InChI=1S/C37H75FO12/c1-2-3-4-5-6-7-8-9-10-11-12-14-39-16-18-41-20-22-43-24-26-45-28-30-47-32-34-49-36-37-50-35-33-48-31-29-46-27-25-44-23-21-42-19-17-40-15-13-38/h2-37H2,1H3. The first-order chi connectivity index (χ1) is 24.9. The largest absolute Gasteiger partial charge is 0.379 e. The smallest absolute Gasteiger partial charge is 0.113 e. The highest BCUT2D eigenvalue weighted by Crippen LogP contribution is 2.11. The molecule has 12 nitrogen and oxygen atoms in total. The van der Waals surface area contributed by atoms with Gasteiger partial charge in [0, 0.05) is 6.61 Å². The first-order valence-corrected chi connectivity index (χ1v) is 19.4. The summed E-state index contributed by atoms with van der Waals surface area (Å²) in [4.78, 5) is 0. The van der Waals surface area contributed by atoms with E-state index in [1.807, 2.05) is 0 Å². The monoisotopic (exact) mass is 731 g/mol. The van der Waals surface area contributed by atoms with Crippen LogP contribution in [0.5, 0.6) is 0 Å². The van der Waals surface area contributed by atoms with Crippen molar-refractivity contribution in [2.75, 3.05) is 165 Å². The van der Waals surface area contributed by atoms with E-state index in [1.54, 1.807) is 0 Å². The molecule has 0 spiro atoms. The molecule has 0 aliphatic rings. The first-order valence-electron chi connectivity index (χ1n) is 19.4. The van der Waals surface area contributed by atoms with E-state index in [0.717, 1.165) is 13.0 Å². The van der Waals surface area contributed by atoms with E-state index < -0.39 is 6.67 Å². The topological polar surface area (TPSA) is 111 Å². The molecule has 0 radical (unpaired) electrons. The molecule has 0 bridgehead atoms.